The van der Waals surface area contributed by atoms with Crippen LogP contribution in [0.3, 0.4) is 0 Å². The lowest BCUT2D eigenvalue weighted by atomic mass is 9.54. The van der Waals surface area contributed by atoms with Gasteiger partial charge in [-0.05, 0) is 90.9 Å². The largest absolute Gasteiger partial charge is 0.497 e. The molecule has 120 valence electrons. The number of aliphatic hydroxyl groups is 1. The highest BCUT2D eigenvalue weighted by molar-refractivity contribution is 5.40. The Labute approximate surface area is 133 Å². The molecule has 0 heterocycles. The summed E-state index contributed by atoms with van der Waals surface area (Å²) < 4.78 is 5.40. The Morgan fingerprint density at radius 3 is 2.86 bits per heavy atom. The van der Waals surface area contributed by atoms with Gasteiger partial charge in [0.25, 0.3) is 0 Å². The van der Waals surface area contributed by atoms with Gasteiger partial charge >= 0.3 is 0 Å². The molecule has 0 bridgehead atoms. The molecule has 3 aliphatic rings. The van der Waals surface area contributed by atoms with Crippen molar-refractivity contribution in [2.24, 2.45) is 23.2 Å². The van der Waals surface area contributed by atoms with Gasteiger partial charge in [0.05, 0.1) is 7.11 Å². The highest BCUT2D eigenvalue weighted by atomic mass is 16.5. The van der Waals surface area contributed by atoms with E-state index in [4.69, 9.17) is 4.74 Å². The summed E-state index contributed by atoms with van der Waals surface area (Å²) in [6.45, 7) is 2.85. The first kappa shape index (κ1) is 14.6. The Morgan fingerprint density at radius 2 is 2.09 bits per heavy atom. The average molecular weight is 300 g/mol. The minimum Gasteiger partial charge on any atom is -0.497 e. The van der Waals surface area contributed by atoms with Gasteiger partial charge in [-0.25, -0.2) is 0 Å². The van der Waals surface area contributed by atoms with Crippen LogP contribution < -0.4 is 4.74 Å². The lowest BCUT2D eigenvalue weighted by Crippen LogP contribution is -2.43. The van der Waals surface area contributed by atoms with E-state index in [0.29, 0.717) is 17.9 Å². The molecule has 2 saturated carbocycles. The van der Waals surface area contributed by atoms with Crippen LogP contribution in [-0.2, 0) is 6.42 Å². The average Bonchev–Trinajstić information content (AvgIpc) is 2.90. The molecule has 2 fully saturated rings. The van der Waals surface area contributed by atoms with Crippen molar-refractivity contribution in [2.75, 3.05) is 13.7 Å². The van der Waals surface area contributed by atoms with Gasteiger partial charge in [0.15, 0.2) is 0 Å². The number of aliphatic hydroxyl groups excluding tert-OH is 1. The first-order valence-corrected chi connectivity index (χ1v) is 8.95. The van der Waals surface area contributed by atoms with Gasteiger partial charge in [-0.2, -0.15) is 0 Å². The topological polar surface area (TPSA) is 29.5 Å². The monoisotopic (exact) mass is 300 g/mol. The molecule has 0 spiro atoms. The molecule has 0 aromatic heterocycles. The van der Waals surface area contributed by atoms with Gasteiger partial charge < -0.3 is 9.84 Å². The van der Waals surface area contributed by atoms with Crippen LogP contribution >= 0.6 is 0 Å². The number of methoxy groups -OCH3 is 1. The molecule has 4 rings (SSSR count). The Morgan fingerprint density at radius 1 is 1.23 bits per heavy atom. The molecular weight excluding hydrogens is 272 g/mol. The molecule has 0 unspecified atom stereocenters. The maximum Gasteiger partial charge on any atom is 0.119 e. The van der Waals surface area contributed by atoms with E-state index in [1.165, 1.54) is 44.1 Å². The fourth-order valence-electron chi connectivity index (χ4n) is 6.09. The van der Waals surface area contributed by atoms with E-state index in [1.54, 1.807) is 12.7 Å². The molecular formula is C20H28O2. The number of rotatable bonds is 2. The van der Waals surface area contributed by atoms with E-state index < -0.39 is 0 Å². The second-order valence-corrected chi connectivity index (χ2v) is 7.98. The maximum atomic E-state index is 9.77. The zero-order valence-corrected chi connectivity index (χ0v) is 13.8. The Bertz CT molecular complexity index is 567. The standard InChI is InChI=1S/C20H28O2/c1-20-10-9-17-16-7-5-15(22-2)11-13(16)3-6-18(17)19(20)8-4-14(20)12-21/h5,7,11,14,17-19,21H,3-4,6,8-10,12H2,1-2H3/t14-,17-,18-,19+,20-/m1/s1. The molecule has 1 aromatic rings. The molecule has 22 heavy (non-hydrogen) atoms. The molecule has 2 heteroatoms. The number of ether oxygens (including phenoxy) is 1. The van der Waals surface area contributed by atoms with Crippen molar-refractivity contribution in [1.82, 2.24) is 0 Å². The van der Waals surface area contributed by atoms with Crippen molar-refractivity contribution in [3.8, 4) is 5.75 Å². The minimum absolute atomic E-state index is 0.387. The highest BCUT2D eigenvalue weighted by Crippen LogP contribution is 2.62. The molecule has 1 N–H and O–H groups in total. The van der Waals surface area contributed by atoms with Gasteiger partial charge in [-0.15, -0.1) is 0 Å². The second kappa shape index (κ2) is 5.26. The van der Waals surface area contributed by atoms with Gasteiger partial charge in [0.2, 0.25) is 0 Å². The zero-order chi connectivity index (χ0) is 15.3. The summed E-state index contributed by atoms with van der Waals surface area (Å²) in [5, 5.41) is 9.77. The Hall–Kier alpha value is -1.02. The van der Waals surface area contributed by atoms with E-state index in [2.05, 4.69) is 25.1 Å². The highest BCUT2D eigenvalue weighted by Gasteiger charge is 2.54. The number of hydrogen-bond acceptors (Lipinski definition) is 2. The smallest absolute Gasteiger partial charge is 0.119 e. The predicted octanol–water partition coefficient (Wildman–Crippen LogP) is 4.16. The van der Waals surface area contributed by atoms with Crippen LogP contribution in [0.15, 0.2) is 18.2 Å². The summed E-state index contributed by atoms with van der Waals surface area (Å²) in [4.78, 5) is 0. The van der Waals surface area contributed by atoms with Crippen LogP contribution in [0, 0.1) is 23.2 Å². The van der Waals surface area contributed by atoms with Crippen molar-refractivity contribution in [3.63, 3.8) is 0 Å². The normalized spacial score (nSPS) is 39.8. The third kappa shape index (κ3) is 1.96. The van der Waals surface area contributed by atoms with Crippen molar-refractivity contribution >= 4 is 0 Å². The second-order valence-electron chi connectivity index (χ2n) is 7.98. The van der Waals surface area contributed by atoms with Crippen LogP contribution in [0.25, 0.3) is 0 Å². The summed E-state index contributed by atoms with van der Waals surface area (Å²) in [5.41, 5.74) is 3.49. The zero-order valence-electron chi connectivity index (χ0n) is 13.8. The summed E-state index contributed by atoms with van der Waals surface area (Å²) in [6, 6.07) is 6.72. The quantitative estimate of drug-likeness (QED) is 0.888. The number of aryl methyl sites for hydroxylation is 1. The first-order chi connectivity index (χ1) is 10.7. The van der Waals surface area contributed by atoms with E-state index in [0.717, 1.165) is 23.5 Å². The van der Waals surface area contributed by atoms with Crippen LogP contribution in [0.1, 0.15) is 56.1 Å². The molecule has 3 aliphatic carbocycles. The van der Waals surface area contributed by atoms with Crippen LogP contribution in [-0.4, -0.2) is 18.8 Å². The summed E-state index contributed by atoms with van der Waals surface area (Å²) in [5.74, 6) is 3.93. The number of benzene rings is 1. The van der Waals surface area contributed by atoms with Gasteiger partial charge in [0, 0.05) is 6.61 Å². The third-order valence-corrected chi connectivity index (χ3v) is 7.35. The van der Waals surface area contributed by atoms with E-state index >= 15 is 0 Å². The van der Waals surface area contributed by atoms with Crippen LogP contribution in [0.4, 0.5) is 0 Å². The maximum absolute atomic E-state index is 9.77. The van der Waals surface area contributed by atoms with Gasteiger partial charge in [0.1, 0.15) is 5.75 Å². The molecule has 0 aliphatic heterocycles. The molecule has 2 nitrogen and oxygen atoms in total. The molecule has 0 saturated heterocycles. The number of hydrogen-bond donors (Lipinski definition) is 1. The van der Waals surface area contributed by atoms with Crippen LogP contribution in [0.2, 0.25) is 0 Å². The van der Waals surface area contributed by atoms with Crippen LogP contribution in [0.5, 0.6) is 5.75 Å². The summed E-state index contributed by atoms with van der Waals surface area (Å²) >= 11 is 0. The van der Waals surface area contributed by atoms with Gasteiger partial charge in [-0.1, -0.05) is 13.0 Å². The molecule has 0 amide bonds. The lowest BCUT2D eigenvalue weighted by Gasteiger charge is -2.51. The predicted molar refractivity (Wildman–Crippen MR) is 88.2 cm³/mol. The fourth-order valence-corrected chi connectivity index (χ4v) is 6.09. The SMILES string of the molecule is COc1ccc2c(c1)CC[C@@H]1[C@@H]2CC[C@]2(C)[C@@H](CO)CC[C@@H]12. The third-order valence-electron chi connectivity index (χ3n) is 7.35. The fraction of sp³-hybridized carbons (Fsp3) is 0.700. The van der Waals surface area contributed by atoms with E-state index in [1.807, 2.05) is 0 Å². The Balaban J connectivity index is 1.66. The van der Waals surface area contributed by atoms with Crippen molar-refractivity contribution in [2.45, 2.75) is 51.4 Å². The minimum atomic E-state index is 0.387. The molecule has 5 atom stereocenters. The first-order valence-electron chi connectivity index (χ1n) is 8.95. The Kier molecular flexibility index (Phi) is 3.48. The van der Waals surface area contributed by atoms with Crippen molar-refractivity contribution in [3.05, 3.63) is 29.3 Å². The summed E-state index contributed by atoms with van der Waals surface area (Å²) in [7, 11) is 1.76. The van der Waals surface area contributed by atoms with Gasteiger partial charge in [-0.3, -0.25) is 0 Å². The van der Waals surface area contributed by atoms with E-state index in [9.17, 15) is 5.11 Å². The lowest BCUT2D eigenvalue weighted by molar-refractivity contribution is 0.00956. The van der Waals surface area contributed by atoms with E-state index in [-0.39, 0.29) is 0 Å². The number of fused-ring (bicyclic) bond motifs is 5. The van der Waals surface area contributed by atoms with Crippen molar-refractivity contribution < 1.29 is 9.84 Å². The molecule has 0 radical (unpaired) electrons. The molecule has 1 aromatic carbocycles. The van der Waals surface area contributed by atoms with Crippen molar-refractivity contribution in [1.29, 1.82) is 0 Å². The summed E-state index contributed by atoms with van der Waals surface area (Å²) in [6.07, 6.45) is 7.67.